The van der Waals surface area contributed by atoms with Crippen LogP contribution in [-0.4, -0.2) is 4.98 Å². The van der Waals surface area contributed by atoms with Crippen molar-refractivity contribution < 1.29 is 18.9 Å². The van der Waals surface area contributed by atoms with Crippen molar-refractivity contribution in [3.63, 3.8) is 0 Å². The van der Waals surface area contributed by atoms with E-state index in [2.05, 4.69) is 42.1 Å². The molecule has 0 aliphatic heterocycles. The number of benzene rings is 1. The van der Waals surface area contributed by atoms with Crippen molar-refractivity contribution in [3.05, 3.63) is 48.7 Å². The first-order valence-electron chi connectivity index (χ1n) is 4.01. The number of hydrogen-bond donors (Lipinski definition) is 0. The Bertz CT molecular complexity index is 398. The molecule has 0 aliphatic carbocycles. The summed E-state index contributed by atoms with van der Waals surface area (Å²) in [5.41, 5.74) is 2.25. The monoisotopic (exact) mass is 347 g/mol. The van der Waals surface area contributed by atoms with E-state index in [4.69, 9.17) is 0 Å². The molecule has 2 heteroatoms. The second-order valence-corrected chi connectivity index (χ2v) is 3.97. The molecule has 0 bridgehead atoms. The zero-order valence-electron chi connectivity index (χ0n) is 6.90. The Morgan fingerprint density at radius 2 is 1.69 bits per heavy atom. The number of rotatable bonds is 1. The fourth-order valence-electron chi connectivity index (χ4n) is 1.18. The summed E-state index contributed by atoms with van der Waals surface area (Å²) in [6.07, 6.45) is 1.83. The van der Waals surface area contributed by atoms with Gasteiger partial charge in [0.1, 0.15) is 0 Å². The third-order valence-electron chi connectivity index (χ3n) is 1.79. The van der Waals surface area contributed by atoms with Crippen LogP contribution in [0.5, 0.6) is 0 Å². The van der Waals surface area contributed by atoms with Crippen molar-refractivity contribution in [2.75, 3.05) is 0 Å². The van der Waals surface area contributed by atoms with Crippen molar-refractivity contribution in [2.24, 2.45) is 0 Å². The molecule has 0 unspecified atom stereocenters. The van der Waals surface area contributed by atoms with Crippen LogP contribution in [0.3, 0.4) is 0 Å². The molecule has 0 saturated carbocycles. The van der Waals surface area contributed by atoms with E-state index in [1.807, 2.05) is 30.5 Å². The third kappa shape index (κ3) is 1.85. The van der Waals surface area contributed by atoms with E-state index in [0.717, 1.165) is 5.69 Å². The molecule has 1 nitrogen and oxygen atoms in total. The minimum absolute atomic E-state index is 1.07. The molecular formula is C11H8IrN. The van der Waals surface area contributed by atoms with Gasteiger partial charge >= 0.3 is 87.9 Å². The summed E-state index contributed by atoms with van der Waals surface area (Å²) in [7, 11) is 0. The van der Waals surface area contributed by atoms with Gasteiger partial charge in [0.05, 0.1) is 0 Å². The summed E-state index contributed by atoms with van der Waals surface area (Å²) in [6, 6.07) is 14.3. The second kappa shape index (κ2) is 3.82. The van der Waals surface area contributed by atoms with Gasteiger partial charge in [-0.25, -0.2) is 0 Å². The van der Waals surface area contributed by atoms with E-state index in [9.17, 15) is 0 Å². The predicted octanol–water partition coefficient (Wildman–Crippen LogP) is 1.92. The summed E-state index contributed by atoms with van der Waals surface area (Å²) >= 11 is 2.08. The van der Waals surface area contributed by atoms with Crippen molar-refractivity contribution in [1.29, 1.82) is 0 Å². The molecule has 66 valence electrons. The van der Waals surface area contributed by atoms with Crippen molar-refractivity contribution in [1.82, 2.24) is 4.98 Å². The van der Waals surface area contributed by atoms with E-state index in [-0.39, 0.29) is 0 Å². The molecule has 0 radical (unpaired) electrons. The van der Waals surface area contributed by atoms with E-state index in [0.29, 0.717) is 0 Å². The van der Waals surface area contributed by atoms with E-state index in [1.54, 1.807) is 0 Å². The summed E-state index contributed by atoms with van der Waals surface area (Å²) in [5, 5.41) is 0. The molecule has 0 amide bonds. The van der Waals surface area contributed by atoms with Gasteiger partial charge < -0.3 is 0 Å². The average molecular weight is 346 g/mol. The van der Waals surface area contributed by atoms with Gasteiger partial charge in [-0.1, -0.05) is 0 Å². The Labute approximate surface area is 88.0 Å². The van der Waals surface area contributed by atoms with Gasteiger partial charge in [0.25, 0.3) is 0 Å². The molecule has 0 spiro atoms. The quantitative estimate of drug-likeness (QED) is 0.769. The standard InChI is InChI=1S/C11H8N.Ir/c1-2-6-10(7-3-1)11-8-4-5-9-12-11;/h1-7,9H;. The normalized spacial score (nSPS) is 10.0. The zero-order chi connectivity index (χ0) is 9.10. The van der Waals surface area contributed by atoms with Crippen LogP contribution in [0.4, 0.5) is 0 Å². The molecule has 2 aromatic rings. The SMILES string of the molecule is [Ir][c]1cccnc1-c1ccccc1. The fraction of sp³-hybridized carbons (Fsp3) is 0. The van der Waals surface area contributed by atoms with Crippen LogP contribution >= 0.6 is 0 Å². The molecule has 0 atom stereocenters. The van der Waals surface area contributed by atoms with Crippen LogP contribution in [0.1, 0.15) is 0 Å². The van der Waals surface area contributed by atoms with Gasteiger partial charge in [-0.2, -0.15) is 0 Å². The maximum atomic E-state index is 4.35. The topological polar surface area (TPSA) is 12.9 Å². The second-order valence-electron chi connectivity index (χ2n) is 2.68. The number of nitrogens with zero attached hydrogens (tertiary/aromatic N) is 1. The molecule has 0 saturated heterocycles. The van der Waals surface area contributed by atoms with Gasteiger partial charge in [0.2, 0.25) is 0 Å². The molecule has 0 aliphatic rings. The molecule has 2 rings (SSSR count). The molecule has 1 aromatic heterocycles. The van der Waals surface area contributed by atoms with Crippen LogP contribution in [-0.2, 0) is 18.9 Å². The van der Waals surface area contributed by atoms with Crippen LogP contribution in [0.25, 0.3) is 11.3 Å². The van der Waals surface area contributed by atoms with Crippen LogP contribution < -0.4 is 4.08 Å². The van der Waals surface area contributed by atoms with E-state index >= 15 is 0 Å². The van der Waals surface area contributed by atoms with E-state index < -0.39 is 0 Å². The molecule has 0 N–H and O–H groups in total. The van der Waals surface area contributed by atoms with Gasteiger partial charge in [0.15, 0.2) is 0 Å². The predicted molar refractivity (Wildman–Crippen MR) is 49.3 cm³/mol. The Morgan fingerprint density at radius 3 is 2.38 bits per heavy atom. The van der Waals surface area contributed by atoms with E-state index in [1.165, 1.54) is 9.64 Å². The first kappa shape index (κ1) is 8.61. The Kier molecular flexibility index (Phi) is 2.53. The minimum atomic E-state index is 1.07. The zero-order valence-corrected chi connectivity index (χ0v) is 9.29. The number of hydrogen-bond acceptors (Lipinski definition) is 1. The van der Waals surface area contributed by atoms with Crippen molar-refractivity contribution in [3.8, 4) is 11.3 Å². The molecule has 1 heterocycles. The van der Waals surface area contributed by atoms with Crippen molar-refractivity contribution >= 4 is 4.08 Å². The molecule has 1 aromatic carbocycles. The third-order valence-corrected chi connectivity index (χ3v) is 2.75. The number of pyridine rings is 1. The average Bonchev–Trinajstić information content (AvgIpc) is 2.20. The van der Waals surface area contributed by atoms with Gasteiger partial charge in [-0.3, -0.25) is 0 Å². The molecule has 0 fully saturated rings. The first-order valence-corrected chi connectivity index (χ1v) is 5.21. The molecule has 13 heavy (non-hydrogen) atoms. The van der Waals surface area contributed by atoms with Gasteiger partial charge in [0, 0.05) is 0 Å². The summed E-state index contributed by atoms with van der Waals surface area (Å²) in [5.74, 6) is 0. The van der Waals surface area contributed by atoms with Gasteiger partial charge in [-0.05, 0) is 0 Å². The number of aromatic nitrogens is 1. The van der Waals surface area contributed by atoms with Gasteiger partial charge in [-0.15, -0.1) is 0 Å². The van der Waals surface area contributed by atoms with Crippen LogP contribution in [0.2, 0.25) is 0 Å². The summed E-state index contributed by atoms with van der Waals surface area (Å²) < 4.78 is 1.22. The fourth-order valence-corrected chi connectivity index (χ4v) is 1.91. The summed E-state index contributed by atoms with van der Waals surface area (Å²) in [4.78, 5) is 4.35. The van der Waals surface area contributed by atoms with Crippen molar-refractivity contribution in [2.45, 2.75) is 0 Å². The Balaban J connectivity index is 2.54. The Morgan fingerprint density at radius 1 is 0.923 bits per heavy atom. The first-order chi connectivity index (χ1) is 6.38. The summed E-state index contributed by atoms with van der Waals surface area (Å²) in [6.45, 7) is 0. The van der Waals surface area contributed by atoms with Crippen LogP contribution in [0.15, 0.2) is 48.7 Å². The van der Waals surface area contributed by atoms with Crippen LogP contribution in [0, 0.1) is 0 Å². The Hall–Kier alpha value is -0.981. The molecular weight excluding hydrogens is 338 g/mol. The maximum absolute atomic E-state index is 4.35.